The highest BCUT2D eigenvalue weighted by Gasteiger charge is 2.26. The van der Waals surface area contributed by atoms with E-state index in [1.807, 2.05) is 30.3 Å². The summed E-state index contributed by atoms with van der Waals surface area (Å²) >= 11 is 0. The van der Waals surface area contributed by atoms with Crippen molar-refractivity contribution in [1.29, 1.82) is 0 Å². The van der Waals surface area contributed by atoms with E-state index in [1.165, 1.54) is 0 Å². The van der Waals surface area contributed by atoms with E-state index in [9.17, 15) is 4.79 Å². The highest BCUT2D eigenvalue weighted by atomic mass is 16.6. The molecule has 0 bridgehead atoms. The SMILES string of the molecule is C=CCN(CC1CC(c2ccccc2)=NO1)C(=O)c1ccc(OC)cc1. The van der Waals surface area contributed by atoms with Crippen molar-refractivity contribution >= 4 is 11.6 Å². The van der Waals surface area contributed by atoms with Crippen molar-refractivity contribution in [3.05, 3.63) is 78.4 Å². The van der Waals surface area contributed by atoms with Crippen molar-refractivity contribution in [2.24, 2.45) is 5.16 Å². The fourth-order valence-corrected chi connectivity index (χ4v) is 2.89. The van der Waals surface area contributed by atoms with Gasteiger partial charge in [-0.2, -0.15) is 0 Å². The third kappa shape index (κ3) is 4.11. The van der Waals surface area contributed by atoms with Crippen molar-refractivity contribution in [1.82, 2.24) is 4.90 Å². The lowest BCUT2D eigenvalue weighted by Crippen LogP contribution is -2.37. The van der Waals surface area contributed by atoms with Gasteiger partial charge in [0.25, 0.3) is 5.91 Å². The van der Waals surface area contributed by atoms with Crippen LogP contribution in [0.5, 0.6) is 5.75 Å². The van der Waals surface area contributed by atoms with Gasteiger partial charge in [0.15, 0.2) is 6.10 Å². The molecule has 1 aliphatic rings. The van der Waals surface area contributed by atoms with Crippen LogP contribution in [0.3, 0.4) is 0 Å². The first-order valence-corrected chi connectivity index (χ1v) is 8.53. The van der Waals surface area contributed by atoms with E-state index in [0.29, 0.717) is 25.1 Å². The minimum Gasteiger partial charge on any atom is -0.497 e. The lowest BCUT2D eigenvalue weighted by molar-refractivity contribution is 0.0450. The zero-order valence-corrected chi connectivity index (χ0v) is 14.8. The van der Waals surface area contributed by atoms with Gasteiger partial charge < -0.3 is 14.5 Å². The third-order valence-corrected chi connectivity index (χ3v) is 4.24. The Kier molecular flexibility index (Phi) is 5.69. The van der Waals surface area contributed by atoms with E-state index in [2.05, 4.69) is 11.7 Å². The van der Waals surface area contributed by atoms with E-state index in [-0.39, 0.29) is 12.0 Å². The second-order valence-electron chi connectivity index (χ2n) is 6.06. The smallest absolute Gasteiger partial charge is 0.254 e. The third-order valence-electron chi connectivity index (χ3n) is 4.24. The molecule has 3 rings (SSSR count). The summed E-state index contributed by atoms with van der Waals surface area (Å²) in [5.74, 6) is 0.654. The molecule has 26 heavy (non-hydrogen) atoms. The average molecular weight is 350 g/mol. The van der Waals surface area contributed by atoms with Gasteiger partial charge in [0, 0.05) is 18.5 Å². The average Bonchev–Trinajstić information content (AvgIpc) is 3.16. The summed E-state index contributed by atoms with van der Waals surface area (Å²) in [6, 6.07) is 17.0. The molecule has 2 aromatic carbocycles. The predicted molar refractivity (Wildman–Crippen MR) is 102 cm³/mol. The minimum absolute atomic E-state index is 0.0654. The zero-order chi connectivity index (χ0) is 18.4. The van der Waals surface area contributed by atoms with E-state index in [0.717, 1.165) is 17.0 Å². The van der Waals surface area contributed by atoms with Crippen molar-refractivity contribution in [2.75, 3.05) is 20.2 Å². The van der Waals surface area contributed by atoms with Crippen LogP contribution in [0.4, 0.5) is 0 Å². The summed E-state index contributed by atoms with van der Waals surface area (Å²) in [6.45, 7) is 4.66. The number of carbonyl (C=O) groups excluding carboxylic acids is 1. The van der Waals surface area contributed by atoms with Crippen LogP contribution in [0.15, 0.2) is 72.4 Å². The number of oxime groups is 1. The Hall–Kier alpha value is -3.08. The number of amides is 1. The lowest BCUT2D eigenvalue weighted by Gasteiger charge is -2.23. The number of hydrogen-bond acceptors (Lipinski definition) is 4. The Morgan fingerprint density at radius 1 is 1.27 bits per heavy atom. The summed E-state index contributed by atoms with van der Waals surface area (Å²) in [5.41, 5.74) is 2.56. The minimum atomic E-state index is -0.160. The lowest BCUT2D eigenvalue weighted by atomic mass is 10.0. The summed E-state index contributed by atoms with van der Waals surface area (Å²) < 4.78 is 5.14. The Balaban J connectivity index is 1.65. The number of rotatable bonds is 7. The molecule has 134 valence electrons. The molecule has 1 unspecified atom stereocenters. The first-order chi connectivity index (χ1) is 12.7. The Morgan fingerprint density at radius 3 is 2.65 bits per heavy atom. The largest absolute Gasteiger partial charge is 0.497 e. The highest BCUT2D eigenvalue weighted by molar-refractivity contribution is 6.01. The monoisotopic (exact) mass is 350 g/mol. The Labute approximate surface area is 153 Å². The quantitative estimate of drug-likeness (QED) is 0.718. The van der Waals surface area contributed by atoms with Gasteiger partial charge in [0.05, 0.1) is 19.4 Å². The van der Waals surface area contributed by atoms with Crippen LogP contribution in [-0.2, 0) is 4.84 Å². The normalized spacial score (nSPS) is 15.7. The number of methoxy groups -OCH3 is 1. The number of hydrogen-bond donors (Lipinski definition) is 0. The van der Waals surface area contributed by atoms with Crippen LogP contribution in [-0.4, -0.2) is 42.8 Å². The zero-order valence-electron chi connectivity index (χ0n) is 14.8. The van der Waals surface area contributed by atoms with E-state index in [1.54, 1.807) is 42.4 Å². The molecule has 5 heteroatoms. The second-order valence-corrected chi connectivity index (χ2v) is 6.06. The number of benzene rings is 2. The molecule has 2 aromatic rings. The molecule has 0 aliphatic carbocycles. The van der Waals surface area contributed by atoms with Gasteiger partial charge in [-0.15, -0.1) is 6.58 Å². The van der Waals surface area contributed by atoms with Gasteiger partial charge in [0.2, 0.25) is 0 Å². The second kappa shape index (κ2) is 8.34. The molecule has 1 atom stereocenters. The molecule has 1 heterocycles. The standard InChI is InChI=1S/C21H22N2O3/c1-3-13-23(21(24)17-9-11-18(25-2)12-10-17)15-19-14-20(22-26-19)16-7-5-4-6-8-16/h3-12,19H,1,13-15H2,2H3. The molecule has 0 fully saturated rings. The number of nitrogens with zero attached hydrogens (tertiary/aromatic N) is 2. The molecule has 0 radical (unpaired) electrons. The molecule has 5 nitrogen and oxygen atoms in total. The maximum atomic E-state index is 12.8. The molecular weight excluding hydrogens is 328 g/mol. The van der Waals surface area contributed by atoms with Crippen LogP contribution < -0.4 is 4.74 Å². The van der Waals surface area contributed by atoms with E-state index in [4.69, 9.17) is 9.57 Å². The molecule has 0 N–H and O–H groups in total. The van der Waals surface area contributed by atoms with Gasteiger partial charge in [0.1, 0.15) is 5.75 Å². The molecule has 0 spiro atoms. The molecule has 1 amide bonds. The van der Waals surface area contributed by atoms with Crippen molar-refractivity contribution < 1.29 is 14.4 Å². The summed E-state index contributed by atoms with van der Waals surface area (Å²) in [4.78, 5) is 20.1. The van der Waals surface area contributed by atoms with Crippen molar-refractivity contribution in [2.45, 2.75) is 12.5 Å². The molecule has 0 aromatic heterocycles. The van der Waals surface area contributed by atoms with Gasteiger partial charge in [-0.25, -0.2) is 0 Å². The molecular formula is C21H22N2O3. The van der Waals surface area contributed by atoms with Crippen LogP contribution in [0.2, 0.25) is 0 Å². The van der Waals surface area contributed by atoms with E-state index >= 15 is 0 Å². The number of carbonyl (C=O) groups is 1. The Bertz CT molecular complexity index is 785. The topological polar surface area (TPSA) is 51.1 Å². The van der Waals surface area contributed by atoms with Gasteiger partial charge in [-0.3, -0.25) is 4.79 Å². The van der Waals surface area contributed by atoms with Crippen LogP contribution in [0.25, 0.3) is 0 Å². The number of ether oxygens (including phenoxy) is 1. The van der Waals surface area contributed by atoms with Crippen molar-refractivity contribution in [3.63, 3.8) is 0 Å². The maximum Gasteiger partial charge on any atom is 0.254 e. The fourth-order valence-electron chi connectivity index (χ4n) is 2.89. The predicted octanol–water partition coefficient (Wildman–Crippen LogP) is 3.52. The summed E-state index contributed by atoms with van der Waals surface area (Å²) in [5, 5.41) is 4.19. The van der Waals surface area contributed by atoms with Gasteiger partial charge >= 0.3 is 0 Å². The van der Waals surface area contributed by atoms with E-state index < -0.39 is 0 Å². The van der Waals surface area contributed by atoms with Crippen LogP contribution in [0.1, 0.15) is 22.3 Å². The van der Waals surface area contributed by atoms with Crippen LogP contribution in [0, 0.1) is 0 Å². The van der Waals surface area contributed by atoms with Crippen LogP contribution >= 0.6 is 0 Å². The molecule has 1 aliphatic heterocycles. The first-order valence-electron chi connectivity index (χ1n) is 8.53. The molecule has 0 saturated carbocycles. The first kappa shape index (κ1) is 17.7. The highest BCUT2D eigenvalue weighted by Crippen LogP contribution is 2.19. The van der Waals surface area contributed by atoms with Gasteiger partial charge in [-0.05, 0) is 29.8 Å². The summed E-state index contributed by atoms with van der Waals surface area (Å²) in [6.07, 6.45) is 2.23. The fraction of sp³-hybridized carbons (Fsp3) is 0.238. The Morgan fingerprint density at radius 2 is 2.00 bits per heavy atom. The maximum absolute atomic E-state index is 12.8. The summed E-state index contributed by atoms with van der Waals surface area (Å²) in [7, 11) is 1.60. The molecule has 0 saturated heterocycles. The van der Waals surface area contributed by atoms with Crippen molar-refractivity contribution in [3.8, 4) is 5.75 Å². The van der Waals surface area contributed by atoms with Gasteiger partial charge in [-0.1, -0.05) is 41.6 Å².